The van der Waals surface area contributed by atoms with Gasteiger partial charge in [-0.05, 0) is 24.3 Å². The topological polar surface area (TPSA) is 61.8 Å². The van der Waals surface area contributed by atoms with Crippen molar-refractivity contribution < 1.29 is 18.4 Å². The van der Waals surface area contributed by atoms with Crippen molar-refractivity contribution in [2.24, 2.45) is 5.10 Å². The second kappa shape index (κ2) is 5.38. The van der Waals surface area contributed by atoms with E-state index < -0.39 is 28.3 Å². The quantitative estimate of drug-likeness (QED) is 0.851. The van der Waals surface area contributed by atoms with Gasteiger partial charge in [-0.2, -0.15) is 5.10 Å². The van der Waals surface area contributed by atoms with E-state index in [1.165, 1.54) is 6.92 Å². The summed E-state index contributed by atoms with van der Waals surface area (Å²) in [6.07, 6.45) is 0. The lowest BCUT2D eigenvalue weighted by Crippen LogP contribution is -2.45. The number of benzene rings is 2. The molecule has 0 bridgehead atoms. The Hall–Kier alpha value is -2.74. The molecule has 1 N–H and O–H groups in total. The highest BCUT2D eigenvalue weighted by Gasteiger charge is 2.58. The molecule has 2 heterocycles. The number of nitrogens with zero attached hydrogens (tertiary/aromatic N) is 2. The average molecular weight is 359 g/mol. The number of rotatable bonds is 1. The number of para-hydroxylation sites is 1. The first kappa shape index (κ1) is 15.8. The third-order valence-electron chi connectivity index (χ3n) is 4.04. The molecular weight excluding hydrogens is 348 g/mol. The SMILES string of the molecule is CC(=O)N1N=C(c2cc(F)ccc2F)SC12C(=O)Nc1ccccc12. The van der Waals surface area contributed by atoms with E-state index in [9.17, 15) is 18.4 Å². The van der Waals surface area contributed by atoms with Gasteiger partial charge in [0.25, 0.3) is 5.91 Å². The Morgan fingerprint density at radius 2 is 2.00 bits per heavy atom. The molecule has 126 valence electrons. The monoisotopic (exact) mass is 359 g/mol. The van der Waals surface area contributed by atoms with E-state index in [0.29, 0.717) is 11.3 Å². The molecule has 1 unspecified atom stereocenters. The molecular formula is C17H11F2N3O2S. The Balaban J connectivity index is 1.89. The molecule has 25 heavy (non-hydrogen) atoms. The molecule has 2 aromatic rings. The number of halogens is 2. The highest BCUT2D eigenvalue weighted by molar-refractivity contribution is 8.16. The molecule has 8 heteroatoms. The minimum atomic E-state index is -1.46. The van der Waals surface area contributed by atoms with Gasteiger partial charge in [0.1, 0.15) is 16.7 Å². The maximum atomic E-state index is 14.2. The maximum Gasteiger partial charge on any atom is 0.268 e. The van der Waals surface area contributed by atoms with Crippen LogP contribution in [0.4, 0.5) is 14.5 Å². The number of thioether (sulfide) groups is 1. The summed E-state index contributed by atoms with van der Waals surface area (Å²) in [5.41, 5.74) is 1.02. The molecule has 0 fully saturated rings. The standard InChI is InChI=1S/C17H11F2N3O2S/c1-9(23)22-17(12-4-2-3-5-14(12)20-16(17)24)25-15(21-22)11-8-10(18)6-7-13(11)19/h2-8H,1H3,(H,20,24). The van der Waals surface area contributed by atoms with Crippen LogP contribution < -0.4 is 5.32 Å². The van der Waals surface area contributed by atoms with Crippen LogP contribution in [0.5, 0.6) is 0 Å². The highest BCUT2D eigenvalue weighted by Crippen LogP contribution is 2.53. The first-order chi connectivity index (χ1) is 11.9. The number of nitrogens with one attached hydrogen (secondary N) is 1. The molecule has 1 atom stereocenters. The van der Waals surface area contributed by atoms with Crippen molar-refractivity contribution >= 4 is 34.3 Å². The zero-order chi connectivity index (χ0) is 17.8. The van der Waals surface area contributed by atoms with Crippen molar-refractivity contribution in [1.29, 1.82) is 0 Å². The van der Waals surface area contributed by atoms with Crippen LogP contribution in [0.15, 0.2) is 47.6 Å². The summed E-state index contributed by atoms with van der Waals surface area (Å²) in [6, 6.07) is 9.88. The first-order valence-electron chi connectivity index (χ1n) is 7.38. The van der Waals surface area contributed by atoms with Gasteiger partial charge in [-0.1, -0.05) is 30.0 Å². The minimum Gasteiger partial charge on any atom is -0.322 e. The second-order valence-electron chi connectivity index (χ2n) is 5.61. The first-order valence-corrected chi connectivity index (χ1v) is 8.20. The summed E-state index contributed by atoms with van der Waals surface area (Å²) in [5.74, 6) is -2.25. The number of anilines is 1. The molecule has 0 saturated heterocycles. The number of fused-ring (bicyclic) bond motifs is 2. The number of carbonyl (C=O) groups excluding carboxylic acids is 2. The van der Waals surface area contributed by atoms with Gasteiger partial charge in [0.05, 0.1) is 0 Å². The minimum absolute atomic E-state index is 0.0686. The predicted octanol–water partition coefficient (Wildman–Crippen LogP) is 3.03. The molecule has 5 nitrogen and oxygen atoms in total. The van der Waals surface area contributed by atoms with Gasteiger partial charge in [0.15, 0.2) is 0 Å². The predicted molar refractivity (Wildman–Crippen MR) is 89.8 cm³/mol. The van der Waals surface area contributed by atoms with Crippen LogP contribution in [0.3, 0.4) is 0 Å². The van der Waals surface area contributed by atoms with Crippen LogP contribution in [0, 0.1) is 11.6 Å². The van der Waals surface area contributed by atoms with E-state index in [-0.39, 0.29) is 10.6 Å². The van der Waals surface area contributed by atoms with E-state index in [4.69, 9.17) is 0 Å². The summed E-state index contributed by atoms with van der Waals surface area (Å²) in [5, 5.41) is 7.95. The van der Waals surface area contributed by atoms with Gasteiger partial charge in [-0.25, -0.2) is 13.8 Å². The number of amides is 2. The summed E-state index contributed by atoms with van der Waals surface area (Å²) in [6.45, 7) is 1.27. The van der Waals surface area contributed by atoms with Crippen molar-refractivity contribution in [2.45, 2.75) is 11.8 Å². The normalized spacial score (nSPS) is 21.3. The van der Waals surface area contributed by atoms with Crippen LogP contribution in [-0.4, -0.2) is 21.9 Å². The number of hydrogen-bond donors (Lipinski definition) is 1. The van der Waals surface area contributed by atoms with Gasteiger partial charge in [-0.3, -0.25) is 9.59 Å². The van der Waals surface area contributed by atoms with E-state index >= 15 is 0 Å². The van der Waals surface area contributed by atoms with Crippen LogP contribution in [0.2, 0.25) is 0 Å². The van der Waals surface area contributed by atoms with Crippen LogP contribution >= 0.6 is 11.8 Å². The molecule has 0 aromatic heterocycles. The van der Waals surface area contributed by atoms with Crippen LogP contribution in [0.25, 0.3) is 0 Å². The third kappa shape index (κ3) is 2.17. The smallest absolute Gasteiger partial charge is 0.268 e. The Kier molecular flexibility index (Phi) is 3.40. The molecule has 2 aliphatic rings. The summed E-state index contributed by atoms with van der Waals surface area (Å²) >= 11 is 0.920. The van der Waals surface area contributed by atoms with Crippen molar-refractivity contribution in [1.82, 2.24) is 5.01 Å². The fraction of sp³-hybridized carbons (Fsp3) is 0.118. The Morgan fingerprint density at radius 1 is 1.24 bits per heavy atom. The van der Waals surface area contributed by atoms with Crippen molar-refractivity contribution in [2.75, 3.05) is 5.32 Å². The number of hydrogen-bond acceptors (Lipinski definition) is 4. The zero-order valence-corrected chi connectivity index (χ0v) is 13.7. The lowest BCUT2D eigenvalue weighted by Gasteiger charge is -2.28. The molecule has 2 aliphatic heterocycles. The molecule has 1 spiro atoms. The molecule has 2 amide bonds. The summed E-state index contributed by atoms with van der Waals surface area (Å²) < 4.78 is 27.7. The lowest BCUT2D eigenvalue weighted by molar-refractivity contribution is -0.138. The van der Waals surface area contributed by atoms with Gasteiger partial charge in [0, 0.05) is 23.7 Å². The molecule has 2 aromatic carbocycles. The van der Waals surface area contributed by atoms with E-state index in [1.807, 2.05) is 0 Å². The highest BCUT2D eigenvalue weighted by atomic mass is 32.2. The van der Waals surface area contributed by atoms with Gasteiger partial charge < -0.3 is 5.32 Å². The summed E-state index contributed by atoms with van der Waals surface area (Å²) in [7, 11) is 0. The van der Waals surface area contributed by atoms with E-state index in [2.05, 4.69) is 10.4 Å². The largest absolute Gasteiger partial charge is 0.322 e. The van der Waals surface area contributed by atoms with Crippen LogP contribution in [0.1, 0.15) is 18.1 Å². The van der Waals surface area contributed by atoms with Gasteiger partial charge >= 0.3 is 0 Å². The Labute approximate surface area is 145 Å². The van der Waals surface area contributed by atoms with Crippen molar-refractivity contribution in [3.05, 3.63) is 65.2 Å². The van der Waals surface area contributed by atoms with Crippen molar-refractivity contribution in [3.63, 3.8) is 0 Å². The fourth-order valence-electron chi connectivity index (χ4n) is 2.96. The Morgan fingerprint density at radius 3 is 2.76 bits per heavy atom. The number of hydrazone groups is 1. The van der Waals surface area contributed by atoms with E-state index in [0.717, 1.165) is 35.0 Å². The maximum absolute atomic E-state index is 14.2. The van der Waals surface area contributed by atoms with Crippen molar-refractivity contribution in [3.8, 4) is 0 Å². The van der Waals surface area contributed by atoms with E-state index in [1.54, 1.807) is 24.3 Å². The molecule has 0 aliphatic carbocycles. The summed E-state index contributed by atoms with van der Waals surface area (Å²) in [4.78, 5) is 23.4. The molecule has 0 radical (unpaired) electrons. The lowest BCUT2D eigenvalue weighted by atomic mass is 10.1. The average Bonchev–Trinajstić information content (AvgIpc) is 3.11. The zero-order valence-electron chi connectivity index (χ0n) is 12.9. The second-order valence-corrected chi connectivity index (χ2v) is 6.79. The van der Waals surface area contributed by atoms with Gasteiger partial charge in [-0.15, -0.1) is 0 Å². The van der Waals surface area contributed by atoms with Crippen LogP contribution in [-0.2, 0) is 14.5 Å². The fourth-order valence-corrected chi connectivity index (χ4v) is 4.31. The van der Waals surface area contributed by atoms with Gasteiger partial charge in [0.2, 0.25) is 10.8 Å². The molecule has 4 rings (SSSR count). The molecule has 0 saturated carbocycles. The Bertz CT molecular complexity index is 963. The third-order valence-corrected chi connectivity index (χ3v) is 5.41. The number of carbonyl (C=O) groups is 2.